The van der Waals surface area contributed by atoms with E-state index in [2.05, 4.69) is 49.9 Å². The van der Waals surface area contributed by atoms with Crippen LogP contribution in [-0.4, -0.2) is 18.4 Å². The van der Waals surface area contributed by atoms with Gasteiger partial charge < -0.3 is 9.64 Å². The van der Waals surface area contributed by atoms with Gasteiger partial charge in [-0.25, -0.2) is 4.79 Å². The summed E-state index contributed by atoms with van der Waals surface area (Å²) in [4.78, 5) is 28.6. The van der Waals surface area contributed by atoms with Gasteiger partial charge in [-0.05, 0) is 43.4 Å². The maximum Gasteiger partial charge on any atom is 0.337 e. The Morgan fingerprint density at radius 2 is 1.45 bits per heavy atom. The molecule has 0 radical (unpaired) electrons. The number of hydrogen-bond acceptors (Lipinski definition) is 4. The molecule has 2 aliphatic heterocycles. The van der Waals surface area contributed by atoms with Crippen molar-refractivity contribution in [1.82, 2.24) is 0 Å². The zero-order valence-corrected chi connectivity index (χ0v) is 18.5. The lowest BCUT2D eigenvalue weighted by molar-refractivity contribution is -0.136. The van der Waals surface area contributed by atoms with E-state index in [-0.39, 0.29) is 29.7 Å². The minimum absolute atomic E-state index is 0.125. The van der Waals surface area contributed by atoms with Gasteiger partial charge in [0.1, 0.15) is 6.61 Å². The van der Waals surface area contributed by atoms with E-state index in [4.69, 9.17) is 4.74 Å². The Hall–Kier alpha value is -3.14. The van der Waals surface area contributed by atoms with Crippen molar-refractivity contribution in [2.75, 3.05) is 11.5 Å². The summed E-state index contributed by atoms with van der Waals surface area (Å²) >= 11 is 0. The number of carbonyl (C=O) groups excluding carboxylic acids is 2. The molecule has 0 fully saturated rings. The number of allylic oxidation sites excluding steroid dienone is 2. The van der Waals surface area contributed by atoms with Gasteiger partial charge in [0.05, 0.1) is 11.3 Å². The molecule has 0 saturated carbocycles. The Labute approximate surface area is 183 Å². The number of nitrogens with zero attached hydrogens (tertiary/aromatic N) is 1. The van der Waals surface area contributed by atoms with Gasteiger partial charge in [-0.15, -0.1) is 0 Å². The normalized spacial score (nSPS) is 22.5. The van der Waals surface area contributed by atoms with E-state index in [9.17, 15) is 9.59 Å². The van der Waals surface area contributed by atoms with Crippen LogP contribution in [0.1, 0.15) is 49.3 Å². The van der Waals surface area contributed by atoms with Crippen molar-refractivity contribution < 1.29 is 14.3 Å². The molecule has 4 nitrogen and oxygen atoms in total. The molecule has 1 aliphatic carbocycles. The number of cyclic esters (lactones) is 1. The van der Waals surface area contributed by atoms with E-state index < -0.39 is 0 Å². The number of benzene rings is 2. The Balaban J connectivity index is 1.78. The van der Waals surface area contributed by atoms with Crippen molar-refractivity contribution in [2.24, 2.45) is 5.41 Å². The third kappa shape index (κ3) is 3.21. The molecule has 1 unspecified atom stereocenters. The Morgan fingerprint density at radius 1 is 0.839 bits per heavy atom. The first-order chi connectivity index (χ1) is 14.7. The third-order valence-corrected chi connectivity index (χ3v) is 6.59. The fourth-order valence-corrected chi connectivity index (χ4v) is 5.11. The van der Waals surface area contributed by atoms with Gasteiger partial charge in [-0.2, -0.15) is 0 Å². The molecule has 0 N–H and O–H groups in total. The molecule has 0 bridgehead atoms. The number of carbonyl (C=O) groups is 2. The summed E-state index contributed by atoms with van der Waals surface area (Å²) in [7, 11) is 0. The molecule has 0 aromatic heterocycles. The lowest BCUT2D eigenvalue weighted by atomic mass is 9.68. The number of ether oxygens (including phenoxy) is 1. The van der Waals surface area contributed by atoms with Gasteiger partial charge >= 0.3 is 5.97 Å². The van der Waals surface area contributed by atoms with Crippen molar-refractivity contribution in [1.29, 1.82) is 0 Å². The highest BCUT2D eigenvalue weighted by molar-refractivity contribution is 6.06. The number of anilines is 1. The maximum absolute atomic E-state index is 13.6. The van der Waals surface area contributed by atoms with Gasteiger partial charge in [0.2, 0.25) is 0 Å². The Kier molecular flexibility index (Phi) is 4.44. The van der Waals surface area contributed by atoms with Crippen LogP contribution in [0.4, 0.5) is 5.69 Å². The van der Waals surface area contributed by atoms with E-state index in [0.29, 0.717) is 12.0 Å². The van der Waals surface area contributed by atoms with Crippen LogP contribution in [0.5, 0.6) is 0 Å². The molecule has 2 heterocycles. The number of ketones is 1. The zero-order chi connectivity index (χ0) is 21.9. The average molecular weight is 414 g/mol. The van der Waals surface area contributed by atoms with Crippen LogP contribution in [0.3, 0.4) is 0 Å². The number of Topliss-reactive ketones (excluding diaryl/α,β-unsaturated/α-hetero) is 1. The lowest BCUT2D eigenvalue weighted by Gasteiger charge is -2.43. The summed E-state index contributed by atoms with van der Waals surface area (Å²) in [6, 6.07) is 16.4. The first-order valence-corrected chi connectivity index (χ1v) is 10.8. The zero-order valence-electron chi connectivity index (χ0n) is 18.5. The van der Waals surface area contributed by atoms with Gasteiger partial charge in [-0.1, -0.05) is 61.4 Å². The summed E-state index contributed by atoms with van der Waals surface area (Å²) in [5, 5.41) is 0. The first-order valence-electron chi connectivity index (χ1n) is 10.8. The average Bonchev–Trinajstić information content (AvgIpc) is 3.08. The third-order valence-electron chi connectivity index (χ3n) is 6.59. The molecular formula is C27H27NO3. The summed E-state index contributed by atoms with van der Waals surface area (Å²) in [6.07, 6.45) is 1.25. The van der Waals surface area contributed by atoms with Gasteiger partial charge in [0.15, 0.2) is 5.78 Å². The highest BCUT2D eigenvalue weighted by Crippen LogP contribution is 2.52. The van der Waals surface area contributed by atoms with Crippen molar-refractivity contribution in [3.8, 4) is 0 Å². The van der Waals surface area contributed by atoms with Crippen molar-refractivity contribution in [3.05, 3.63) is 87.8 Å². The predicted molar refractivity (Wildman–Crippen MR) is 121 cm³/mol. The highest BCUT2D eigenvalue weighted by atomic mass is 16.5. The molecule has 31 heavy (non-hydrogen) atoms. The van der Waals surface area contributed by atoms with Crippen molar-refractivity contribution in [2.45, 2.75) is 46.5 Å². The van der Waals surface area contributed by atoms with Crippen LogP contribution < -0.4 is 4.90 Å². The van der Waals surface area contributed by atoms with Crippen LogP contribution >= 0.6 is 0 Å². The maximum atomic E-state index is 13.6. The minimum atomic E-state index is -0.370. The summed E-state index contributed by atoms with van der Waals surface area (Å²) in [5.74, 6) is -0.562. The van der Waals surface area contributed by atoms with Crippen molar-refractivity contribution >= 4 is 17.4 Å². The highest BCUT2D eigenvalue weighted by Gasteiger charge is 2.48. The molecule has 4 heteroatoms. The molecule has 1 atom stereocenters. The SMILES string of the molecule is Cc1ccc(C2C3=C(CC(C)(C)CC3=O)N(c3ccc(C)cc3)C3=C2C(=O)OC3)cc1. The lowest BCUT2D eigenvalue weighted by Crippen LogP contribution is -2.40. The smallest absolute Gasteiger partial charge is 0.337 e. The number of hydrogen-bond donors (Lipinski definition) is 0. The largest absolute Gasteiger partial charge is 0.456 e. The van der Waals surface area contributed by atoms with Crippen molar-refractivity contribution in [3.63, 3.8) is 0 Å². The topological polar surface area (TPSA) is 46.6 Å². The number of rotatable bonds is 2. The number of esters is 1. The molecule has 5 rings (SSSR count). The minimum Gasteiger partial charge on any atom is -0.456 e. The molecule has 0 amide bonds. The molecule has 2 aromatic carbocycles. The van der Waals surface area contributed by atoms with Gasteiger partial charge in [0.25, 0.3) is 0 Å². The summed E-state index contributed by atoms with van der Waals surface area (Å²) in [6.45, 7) is 8.61. The van der Waals surface area contributed by atoms with Crippen LogP contribution in [0.2, 0.25) is 0 Å². The second-order valence-electron chi connectivity index (χ2n) is 9.75. The molecule has 0 saturated heterocycles. The predicted octanol–water partition coefficient (Wildman–Crippen LogP) is 5.36. The molecular weight excluding hydrogens is 386 g/mol. The van der Waals surface area contributed by atoms with Gasteiger partial charge in [0, 0.05) is 29.3 Å². The van der Waals surface area contributed by atoms with E-state index >= 15 is 0 Å². The second-order valence-corrected chi connectivity index (χ2v) is 9.75. The van der Waals surface area contributed by atoms with E-state index in [1.165, 1.54) is 5.56 Å². The number of aryl methyl sites for hydroxylation is 2. The molecule has 2 aromatic rings. The molecule has 3 aliphatic rings. The van der Waals surface area contributed by atoms with Crippen LogP contribution in [-0.2, 0) is 14.3 Å². The van der Waals surface area contributed by atoms with Crippen LogP contribution in [0, 0.1) is 19.3 Å². The Morgan fingerprint density at radius 3 is 2.10 bits per heavy atom. The van der Waals surface area contributed by atoms with Gasteiger partial charge in [-0.3, -0.25) is 4.79 Å². The molecule has 0 spiro atoms. The van der Waals surface area contributed by atoms with E-state index in [1.54, 1.807) is 0 Å². The second kappa shape index (κ2) is 6.94. The standard InChI is InChI=1S/C27H27NO3/c1-16-5-9-18(10-6-16)23-24-20(13-27(3,4)14-22(24)29)28(19-11-7-17(2)8-12-19)21-15-31-26(30)25(21)23/h5-12,23H,13-15H2,1-4H3. The monoisotopic (exact) mass is 413 g/mol. The van der Waals surface area contributed by atoms with Crippen LogP contribution in [0.25, 0.3) is 0 Å². The molecule has 158 valence electrons. The van der Waals surface area contributed by atoms with E-state index in [1.807, 2.05) is 31.2 Å². The Bertz CT molecular complexity index is 1150. The summed E-state index contributed by atoms with van der Waals surface area (Å²) < 4.78 is 5.55. The van der Waals surface area contributed by atoms with Crippen LogP contribution in [0.15, 0.2) is 71.1 Å². The quantitative estimate of drug-likeness (QED) is 0.622. The fourth-order valence-electron chi connectivity index (χ4n) is 5.11. The summed E-state index contributed by atoms with van der Waals surface area (Å²) in [5.41, 5.74) is 7.35. The van der Waals surface area contributed by atoms with E-state index in [0.717, 1.165) is 40.2 Å². The fraction of sp³-hybridized carbons (Fsp3) is 0.333. The first kappa shape index (κ1) is 19.8.